The molecule has 4 nitrogen and oxygen atoms in total. The second-order valence-electron chi connectivity index (χ2n) is 11.6. The number of likely N-dealkylation sites (N-methyl/N-ethyl adjacent to an activating group) is 2. The highest BCUT2D eigenvalue weighted by atomic mass is 16.5. The molecule has 0 fully saturated rings. The predicted octanol–water partition coefficient (Wildman–Crippen LogP) is 5.91. The van der Waals surface area contributed by atoms with Gasteiger partial charge in [-0.25, -0.2) is 0 Å². The summed E-state index contributed by atoms with van der Waals surface area (Å²) in [6, 6.07) is 13.7. The number of hydrogen-bond donors (Lipinski definition) is 0. The van der Waals surface area contributed by atoms with Crippen molar-refractivity contribution < 1.29 is 9.47 Å². The monoisotopic (exact) mass is 476 g/mol. The fourth-order valence-corrected chi connectivity index (χ4v) is 6.10. The summed E-state index contributed by atoms with van der Waals surface area (Å²) in [4.78, 5) is 4.49. The molecule has 0 amide bonds. The predicted molar refractivity (Wildman–Crippen MR) is 146 cm³/mol. The van der Waals surface area contributed by atoms with Gasteiger partial charge < -0.3 is 19.3 Å². The fraction of sp³-hybridized carbons (Fsp3) is 0.548. The van der Waals surface area contributed by atoms with Crippen molar-refractivity contribution in [3.8, 4) is 11.5 Å². The Morgan fingerprint density at radius 2 is 1.51 bits per heavy atom. The lowest BCUT2D eigenvalue weighted by Crippen LogP contribution is -2.48. The van der Waals surface area contributed by atoms with Crippen LogP contribution in [-0.2, 0) is 12.8 Å². The molecule has 0 saturated heterocycles. The van der Waals surface area contributed by atoms with Crippen LogP contribution in [0.25, 0.3) is 0 Å². The number of nitrogens with zero attached hydrogens (tertiary/aromatic N) is 2. The lowest BCUT2D eigenvalue weighted by atomic mass is 9.61. The molecule has 2 aliphatic rings. The van der Waals surface area contributed by atoms with Crippen molar-refractivity contribution in [3.63, 3.8) is 0 Å². The van der Waals surface area contributed by atoms with Crippen LogP contribution in [0.3, 0.4) is 0 Å². The minimum absolute atomic E-state index is 0.247. The van der Waals surface area contributed by atoms with Crippen molar-refractivity contribution in [1.29, 1.82) is 0 Å². The van der Waals surface area contributed by atoms with E-state index in [1.54, 1.807) is 7.11 Å². The molecule has 0 aromatic heterocycles. The molecule has 0 saturated carbocycles. The summed E-state index contributed by atoms with van der Waals surface area (Å²) < 4.78 is 12.7. The molecular weight excluding hydrogens is 432 g/mol. The van der Waals surface area contributed by atoms with Crippen molar-refractivity contribution >= 4 is 0 Å². The Morgan fingerprint density at radius 1 is 0.914 bits per heavy atom. The summed E-state index contributed by atoms with van der Waals surface area (Å²) in [7, 11) is 10.3. The molecule has 35 heavy (non-hydrogen) atoms. The smallest absolute Gasteiger partial charge is 0.123 e. The first kappa shape index (κ1) is 25.8. The standard InChI is InChI=1S/C31H44N2O2/c1-21-17-26(24-19-22(13-15-32(4)5)9-11-28(24)34-8)30-27(18-21)25-20-23(14-16-33(6)7)10-12-29(25)35-31(30,2)3/h9-12,17,19-20,26-27,30H,13-16,18H2,1-8H3/t26-,27+,30+/m0/s1. The third-order valence-electron chi connectivity index (χ3n) is 7.82. The van der Waals surface area contributed by atoms with Crippen molar-refractivity contribution in [2.75, 3.05) is 48.4 Å². The van der Waals surface area contributed by atoms with E-state index in [2.05, 4.69) is 101 Å². The summed E-state index contributed by atoms with van der Waals surface area (Å²) in [6.07, 6.45) is 5.66. The van der Waals surface area contributed by atoms with Crippen LogP contribution in [0.5, 0.6) is 11.5 Å². The van der Waals surface area contributed by atoms with E-state index in [-0.39, 0.29) is 11.5 Å². The largest absolute Gasteiger partial charge is 0.496 e. The third kappa shape index (κ3) is 5.59. The van der Waals surface area contributed by atoms with Crippen LogP contribution < -0.4 is 9.47 Å². The van der Waals surface area contributed by atoms with Crippen LogP contribution in [-0.4, -0.2) is 63.8 Å². The van der Waals surface area contributed by atoms with E-state index in [1.165, 1.54) is 27.8 Å². The molecule has 190 valence electrons. The van der Waals surface area contributed by atoms with Crippen LogP contribution in [0.2, 0.25) is 0 Å². The number of rotatable bonds is 8. The molecule has 0 radical (unpaired) electrons. The van der Waals surface area contributed by atoms with Crippen LogP contribution in [0, 0.1) is 5.92 Å². The molecule has 1 aliphatic heterocycles. The summed E-state index contributed by atoms with van der Waals surface area (Å²) in [6.45, 7) is 8.94. The lowest BCUT2D eigenvalue weighted by Gasteiger charge is -2.50. The van der Waals surface area contributed by atoms with Gasteiger partial charge in [0, 0.05) is 30.5 Å². The SMILES string of the molecule is COc1ccc(CCN(C)C)cc1[C@@H]1C=C(C)C[C@@H]2c3cc(CCN(C)C)ccc3OC(C)(C)[C@@H]21. The summed E-state index contributed by atoms with van der Waals surface area (Å²) >= 11 is 0. The maximum absolute atomic E-state index is 6.75. The van der Waals surface area contributed by atoms with Gasteiger partial charge in [0.15, 0.2) is 0 Å². The number of methoxy groups -OCH3 is 1. The highest BCUT2D eigenvalue weighted by molar-refractivity contribution is 5.49. The maximum atomic E-state index is 6.75. The van der Waals surface area contributed by atoms with Crippen molar-refractivity contribution in [2.24, 2.45) is 5.92 Å². The van der Waals surface area contributed by atoms with Crippen LogP contribution in [0.4, 0.5) is 0 Å². The number of hydrogen-bond acceptors (Lipinski definition) is 4. The average Bonchev–Trinajstić information content (AvgIpc) is 2.80. The highest BCUT2D eigenvalue weighted by Crippen LogP contribution is 2.57. The molecule has 4 rings (SSSR count). The van der Waals surface area contributed by atoms with Crippen molar-refractivity contribution in [1.82, 2.24) is 9.80 Å². The van der Waals surface area contributed by atoms with E-state index in [4.69, 9.17) is 9.47 Å². The van der Waals surface area contributed by atoms with Gasteiger partial charge in [-0.1, -0.05) is 35.9 Å². The lowest BCUT2D eigenvalue weighted by molar-refractivity contribution is -0.000516. The summed E-state index contributed by atoms with van der Waals surface area (Å²) in [5, 5.41) is 0. The second-order valence-corrected chi connectivity index (χ2v) is 11.6. The molecule has 2 aromatic rings. The molecule has 3 atom stereocenters. The first-order valence-corrected chi connectivity index (χ1v) is 13.0. The first-order valence-electron chi connectivity index (χ1n) is 13.0. The Labute approximate surface area is 212 Å². The summed E-state index contributed by atoms with van der Waals surface area (Å²) in [5.41, 5.74) is 6.61. The van der Waals surface area contributed by atoms with E-state index in [0.29, 0.717) is 11.8 Å². The minimum atomic E-state index is -0.282. The molecular formula is C31H44N2O2. The molecule has 1 aliphatic carbocycles. The zero-order chi connectivity index (χ0) is 25.3. The normalized spacial score (nSPS) is 22.9. The van der Waals surface area contributed by atoms with Gasteiger partial charge in [-0.15, -0.1) is 0 Å². The zero-order valence-corrected chi connectivity index (χ0v) is 23.0. The van der Waals surface area contributed by atoms with Crippen LogP contribution in [0.15, 0.2) is 48.0 Å². The molecule has 0 unspecified atom stereocenters. The number of benzene rings is 2. The second kappa shape index (κ2) is 10.4. The fourth-order valence-electron chi connectivity index (χ4n) is 6.10. The Balaban J connectivity index is 1.76. The van der Waals surface area contributed by atoms with Gasteiger partial charge in [-0.3, -0.25) is 0 Å². The topological polar surface area (TPSA) is 24.9 Å². The van der Waals surface area contributed by atoms with Gasteiger partial charge in [0.1, 0.15) is 17.1 Å². The molecule has 4 heteroatoms. The van der Waals surface area contributed by atoms with Gasteiger partial charge in [-0.05, 0) is 103 Å². The zero-order valence-electron chi connectivity index (χ0n) is 23.0. The van der Waals surface area contributed by atoms with Gasteiger partial charge in [0.2, 0.25) is 0 Å². The van der Waals surface area contributed by atoms with Gasteiger partial charge in [0.25, 0.3) is 0 Å². The molecule has 1 heterocycles. The van der Waals surface area contributed by atoms with Gasteiger partial charge >= 0.3 is 0 Å². The van der Waals surface area contributed by atoms with Crippen LogP contribution >= 0.6 is 0 Å². The van der Waals surface area contributed by atoms with E-state index < -0.39 is 0 Å². The van der Waals surface area contributed by atoms with E-state index >= 15 is 0 Å². The van der Waals surface area contributed by atoms with E-state index in [0.717, 1.165) is 43.9 Å². The number of fused-ring (bicyclic) bond motifs is 3. The first-order chi connectivity index (χ1) is 16.6. The molecule has 0 spiro atoms. The Hall–Kier alpha value is -2.30. The highest BCUT2D eigenvalue weighted by Gasteiger charge is 2.49. The number of ether oxygens (including phenoxy) is 2. The number of allylic oxidation sites excluding steroid dienone is 2. The molecule has 2 aromatic carbocycles. The van der Waals surface area contributed by atoms with E-state index in [1.807, 2.05) is 0 Å². The third-order valence-corrected chi connectivity index (χ3v) is 7.82. The Bertz CT molecular complexity index is 1070. The average molecular weight is 477 g/mol. The minimum Gasteiger partial charge on any atom is -0.496 e. The van der Waals surface area contributed by atoms with E-state index in [9.17, 15) is 0 Å². The van der Waals surface area contributed by atoms with Crippen LogP contribution in [0.1, 0.15) is 61.3 Å². The quantitative estimate of drug-likeness (QED) is 0.442. The van der Waals surface area contributed by atoms with Gasteiger partial charge in [-0.2, -0.15) is 0 Å². The maximum Gasteiger partial charge on any atom is 0.123 e. The Kier molecular flexibility index (Phi) is 7.63. The van der Waals surface area contributed by atoms with Gasteiger partial charge in [0.05, 0.1) is 7.11 Å². The van der Waals surface area contributed by atoms with Crippen molar-refractivity contribution in [2.45, 2.75) is 57.5 Å². The molecule has 0 N–H and O–H groups in total. The molecule has 0 bridgehead atoms. The van der Waals surface area contributed by atoms with Crippen molar-refractivity contribution in [3.05, 3.63) is 70.3 Å². The summed E-state index contributed by atoms with van der Waals surface area (Å²) in [5.74, 6) is 3.05. The Morgan fingerprint density at radius 3 is 2.11 bits per heavy atom.